The molecule has 2 aliphatic rings. The van der Waals surface area contributed by atoms with Crippen LogP contribution in [0.1, 0.15) is 75.2 Å². The predicted octanol–water partition coefficient (Wildman–Crippen LogP) is 5.24. The molecule has 1 fully saturated rings. The molecule has 0 radical (unpaired) electrons. The van der Waals surface area contributed by atoms with Crippen molar-refractivity contribution in [2.24, 2.45) is 0 Å². The first kappa shape index (κ1) is 27.1. The van der Waals surface area contributed by atoms with Crippen molar-refractivity contribution in [1.29, 1.82) is 0 Å². The van der Waals surface area contributed by atoms with E-state index in [2.05, 4.69) is 107 Å². The molecule has 1 saturated heterocycles. The fourth-order valence-electron chi connectivity index (χ4n) is 6.42. The predicted molar refractivity (Wildman–Crippen MR) is 142 cm³/mol. The number of hydrogen-bond donors (Lipinski definition) is 0. The fraction of sp³-hybridized carbons (Fsp3) is 0.840. The van der Waals surface area contributed by atoms with Gasteiger partial charge in [-0.2, -0.15) is 0 Å². The molecule has 0 amide bonds. The molecule has 0 aliphatic carbocycles. The summed E-state index contributed by atoms with van der Waals surface area (Å²) in [6.45, 7) is 25.0. The molecule has 178 valence electrons. The van der Waals surface area contributed by atoms with Crippen molar-refractivity contribution in [3.8, 4) is 0 Å². The van der Waals surface area contributed by atoms with Gasteiger partial charge < -0.3 is 0 Å². The van der Waals surface area contributed by atoms with Crippen molar-refractivity contribution >= 4 is 25.6 Å². The first-order chi connectivity index (χ1) is 14.2. The van der Waals surface area contributed by atoms with Crippen molar-refractivity contribution in [2.45, 2.75) is 98.9 Å². The van der Waals surface area contributed by atoms with Crippen molar-refractivity contribution in [3.63, 3.8) is 0 Å². The third-order valence-electron chi connectivity index (χ3n) is 7.33. The SMILES string of the molecule is CCB(CC)C1=[C](N(C)C)[Sn]2([C](N(C)C)=C1CC)[N](C(C)(C)C)CCC[N]2C(C)(C)C. The van der Waals surface area contributed by atoms with Crippen LogP contribution < -0.4 is 0 Å². The fourth-order valence-corrected chi connectivity index (χ4v) is 26.8. The molecule has 2 heterocycles. The molecule has 4 nitrogen and oxygen atoms in total. The van der Waals surface area contributed by atoms with Crippen LogP contribution in [-0.2, 0) is 0 Å². The van der Waals surface area contributed by atoms with E-state index >= 15 is 0 Å². The second-order valence-corrected chi connectivity index (χ2v) is 21.5. The Balaban J connectivity index is 3.12. The van der Waals surface area contributed by atoms with Gasteiger partial charge in [0.25, 0.3) is 0 Å². The van der Waals surface area contributed by atoms with Gasteiger partial charge in [0.2, 0.25) is 0 Å². The first-order valence-electron chi connectivity index (χ1n) is 12.6. The summed E-state index contributed by atoms with van der Waals surface area (Å²) < 4.78 is 9.51. The molecule has 1 spiro atoms. The monoisotopic (exact) mass is 538 g/mol. The molecule has 0 aromatic carbocycles. The summed E-state index contributed by atoms with van der Waals surface area (Å²) in [5.41, 5.74) is 3.67. The standard InChI is InChI=1S/C14H27BN2.C11H24N2.Sn/c1-8-13(11-16(4)5)14(12-17(6)7)15(9-2)10-3;1-10(2,3)12-8-7-9-13-11(4,5)6;/h8-10H2,1-7H3;7-9H2,1-6H3;/q;-2;+2. The van der Waals surface area contributed by atoms with E-state index in [1.165, 1.54) is 32.2 Å². The Labute approximate surface area is 199 Å². The van der Waals surface area contributed by atoms with E-state index in [1.54, 1.807) is 18.5 Å². The normalized spacial score (nSPS) is 20.8. The summed E-state index contributed by atoms with van der Waals surface area (Å²) in [6, 6.07) is 0. The Kier molecular flexibility index (Phi) is 8.41. The average molecular weight is 537 g/mol. The zero-order chi connectivity index (χ0) is 23.9. The van der Waals surface area contributed by atoms with Crippen LogP contribution >= 0.6 is 0 Å². The van der Waals surface area contributed by atoms with Gasteiger partial charge >= 0.3 is 200 Å². The molecule has 0 unspecified atom stereocenters. The molecular weight excluding hydrogens is 486 g/mol. The average Bonchev–Trinajstić information content (AvgIpc) is 2.91. The van der Waals surface area contributed by atoms with Gasteiger partial charge in [-0.15, -0.1) is 0 Å². The number of hydrogen-bond acceptors (Lipinski definition) is 4. The summed E-state index contributed by atoms with van der Waals surface area (Å²) in [7, 11) is 9.31. The summed E-state index contributed by atoms with van der Waals surface area (Å²) in [4.78, 5) is 5.09. The second kappa shape index (κ2) is 9.62. The molecule has 31 heavy (non-hydrogen) atoms. The van der Waals surface area contributed by atoms with Gasteiger partial charge in [0, 0.05) is 0 Å². The molecule has 2 rings (SSSR count). The first-order valence-corrected chi connectivity index (χ1v) is 18.0. The Hall–Kier alpha value is -0.136. The van der Waals surface area contributed by atoms with Gasteiger partial charge in [0.05, 0.1) is 0 Å². The van der Waals surface area contributed by atoms with E-state index in [0.29, 0.717) is 6.71 Å². The van der Waals surface area contributed by atoms with E-state index in [9.17, 15) is 0 Å². The van der Waals surface area contributed by atoms with Crippen LogP contribution in [0.5, 0.6) is 0 Å². The third-order valence-corrected chi connectivity index (χ3v) is 24.9. The van der Waals surface area contributed by atoms with Crippen molar-refractivity contribution in [2.75, 3.05) is 41.3 Å². The quantitative estimate of drug-likeness (QED) is 0.430. The summed E-state index contributed by atoms with van der Waals surface area (Å²) >= 11 is -3.50. The number of allylic oxidation sites excluding steroid dienone is 2. The molecule has 0 aromatic heterocycles. The van der Waals surface area contributed by atoms with Gasteiger partial charge in [-0.05, 0) is 0 Å². The Morgan fingerprint density at radius 3 is 1.48 bits per heavy atom. The zero-order valence-corrected chi connectivity index (χ0v) is 26.0. The molecule has 0 atom stereocenters. The molecule has 0 saturated carbocycles. The van der Waals surface area contributed by atoms with Gasteiger partial charge in [0.15, 0.2) is 0 Å². The van der Waals surface area contributed by atoms with Gasteiger partial charge in [-0.25, -0.2) is 0 Å². The Morgan fingerprint density at radius 2 is 1.19 bits per heavy atom. The van der Waals surface area contributed by atoms with E-state index in [0.717, 1.165) is 6.42 Å². The van der Waals surface area contributed by atoms with E-state index in [-0.39, 0.29) is 11.1 Å². The van der Waals surface area contributed by atoms with E-state index in [1.807, 2.05) is 0 Å². The van der Waals surface area contributed by atoms with Gasteiger partial charge in [0.1, 0.15) is 0 Å². The topological polar surface area (TPSA) is 13.0 Å². The summed E-state index contributed by atoms with van der Waals surface area (Å²) in [5, 5.41) is 0. The van der Waals surface area contributed by atoms with E-state index in [4.69, 9.17) is 0 Å². The van der Waals surface area contributed by atoms with Crippen LogP contribution in [0, 0.1) is 0 Å². The number of nitrogens with zero attached hydrogens (tertiary/aromatic N) is 4. The van der Waals surface area contributed by atoms with E-state index < -0.39 is 18.9 Å². The van der Waals surface area contributed by atoms with Crippen LogP contribution in [0.3, 0.4) is 0 Å². The molecular formula is C25H51BN4Sn. The Morgan fingerprint density at radius 1 is 0.774 bits per heavy atom. The molecule has 0 aromatic rings. The minimum absolute atomic E-state index is 0.144. The molecule has 0 N–H and O–H groups in total. The van der Waals surface area contributed by atoms with Crippen LogP contribution in [-0.4, -0.2) is 94.0 Å². The van der Waals surface area contributed by atoms with Crippen LogP contribution in [0.25, 0.3) is 0 Å². The third kappa shape index (κ3) is 4.49. The molecule has 0 bridgehead atoms. The zero-order valence-electron chi connectivity index (χ0n) is 23.1. The van der Waals surface area contributed by atoms with Gasteiger partial charge in [-0.3, -0.25) is 0 Å². The summed E-state index contributed by atoms with van der Waals surface area (Å²) in [5.74, 6) is 0. The van der Waals surface area contributed by atoms with Crippen molar-refractivity contribution in [3.05, 3.63) is 18.5 Å². The maximum absolute atomic E-state index is 3.50. The summed E-state index contributed by atoms with van der Waals surface area (Å²) in [6.07, 6.45) is 4.84. The van der Waals surface area contributed by atoms with Crippen molar-refractivity contribution in [1.82, 2.24) is 16.0 Å². The Bertz CT molecular complexity index is 686. The minimum atomic E-state index is -3.50. The van der Waals surface area contributed by atoms with Crippen LogP contribution in [0.4, 0.5) is 0 Å². The van der Waals surface area contributed by atoms with Crippen molar-refractivity contribution < 1.29 is 0 Å². The number of rotatable bonds is 6. The van der Waals surface area contributed by atoms with Crippen LogP contribution in [0.15, 0.2) is 18.5 Å². The van der Waals surface area contributed by atoms with Gasteiger partial charge in [-0.1, -0.05) is 0 Å². The second-order valence-electron chi connectivity index (χ2n) is 11.9. The molecule has 2 aliphatic heterocycles. The van der Waals surface area contributed by atoms with Crippen LogP contribution in [0.2, 0.25) is 12.6 Å². The maximum atomic E-state index is 3.03. The molecule has 6 heteroatoms.